The molecule has 52 heavy (non-hydrogen) atoms. The highest BCUT2D eigenvalue weighted by Gasteiger charge is 2.16. The van der Waals surface area contributed by atoms with E-state index in [1.54, 1.807) is 0 Å². The SMILES string of the molecule is Cc1cc(-c2cccc(-c3cc(-c4nc(-c5ccccc5)cc(-c5ccccc5)n4)cc(-c4cc5ccccc5c5ccccc45)c3)c2)cc(C)n1. The van der Waals surface area contributed by atoms with Crippen molar-refractivity contribution in [3.63, 3.8) is 0 Å². The van der Waals surface area contributed by atoms with Gasteiger partial charge in [-0.3, -0.25) is 4.98 Å². The van der Waals surface area contributed by atoms with Crippen molar-refractivity contribution in [3.8, 4) is 67.3 Å². The molecule has 0 saturated heterocycles. The zero-order chi connectivity index (χ0) is 35.0. The minimum absolute atomic E-state index is 0.685. The summed E-state index contributed by atoms with van der Waals surface area (Å²) >= 11 is 0. The summed E-state index contributed by atoms with van der Waals surface area (Å²) in [5, 5.41) is 4.91. The zero-order valence-electron chi connectivity index (χ0n) is 29.1. The molecule has 0 spiro atoms. The summed E-state index contributed by atoms with van der Waals surface area (Å²) in [6.45, 7) is 4.11. The van der Waals surface area contributed by atoms with Crippen LogP contribution in [0, 0.1) is 13.8 Å². The third-order valence-corrected chi connectivity index (χ3v) is 9.75. The third-order valence-electron chi connectivity index (χ3n) is 9.75. The van der Waals surface area contributed by atoms with E-state index in [0.717, 1.165) is 67.3 Å². The van der Waals surface area contributed by atoms with Crippen LogP contribution in [0.1, 0.15) is 11.4 Å². The molecule has 0 aliphatic heterocycles. The molecule has 0 radical (unpaired) electrons. The van der Waals surface area contributed by atoms with Crippen LogP contribution in [0.15, 0.2) is 176 Å². The first kappa shape index (κ1) is 31.3. The molecule has 0 amide bonds. The van der Waals surface area contributed by atoms with Crippen molar-refractivity contribution in [2.75, 3.05) is 0 Å². The summed E-state index contributed by atoms with van der Waals surface area (Å²) in [6.07, 6.45) is 0. The van der Waals surface area contributed by atoms with Crippen LogP contribution < -0.4 is 0 Å². The molecule has 0 aliphatic carbocycles. The molecule has 3 nitrogen and oxygen atoms in total. The van der Waals surface area contributed by atoms with Gasteiger partial charge >= 0.3 is 0 Å². The van der Waals surface area contributed by atoms with E-state index in [0.29, 0.717) is 5.82 Å². The molecule has 9 aromatic rings. The highest BCUT2D eigenvalue weighted by molar-refractivity contribution is 6.14. The van der Waals surface area contributed by atoms with E-state index in [4.69, 9.17) is 9.97 Å². The molecule has 0 atom stereocenters. The lowest BCUT2D eigenvalue weighted by molar-refractivity contribution is 1.12. The molecule has 246 valence electrons. The standard InChI is InChI=1S/C49H35N3/c1-32-24-39(25-33(2)50-32)36-19-13-20-37(26-36)40-27-41(46-30-38-18-9-10-21-43(38)44-22-11-12-23-45(44)46)29-42(28-40)49-51-47(34-14-5-3-6-15-34)31-48(52-49)35-16-7-4-8-17-35/h3-31H,1-2H3. The lowest BCUT2D eigenvalue weighted by Crippen LogP contribution is -1.97. The lowest BCUT2D eigenvalue weighted by atomic mass is 9.90. The average Bonchev–Trinajstić information content (AvgIpc) is 3.20. The van der Waals surface area contributed by atoms with Crippen LogP contribution in [0.3, 0.4) is 0 Å². The van der Waals surface area contributed by atoms with Crippen molar-refractivity contribution < 1.29 is 0 Å². The van der Waals surface area contributed by atoms with Crippen molar-refractivity contribution in [2.24, 2.45) is 0 Å². The zero-order valence-corrected chi connectivity index (χ0v) is 29.1. The molecule has 0 bridgehead atoms. The van der Waals surface area contributed by atoms with Crippen molar-refractivity contribution in [1.82, 2.24) is 15.0 Å². The number of aromatic nitrogens is 3. The fourth-order valence-electron chi connectivity index (χ4n) is 7.34. The van der Waals surface area contributed by atoms with Gasteiger partial charge < -0.3 is 0 Å². The number of aryl methyl sites for hydroxylation is 2. The molecule has 7 aromatic carbocycles. The predicted octanol–water partition coefficient (Wildman–Crippen LogP) is 12.8. The number of hydrogen-bond acceptors (Lipinski definition) is 3. The van der Waals surface area contributed by atoms with Crippen LogP contribution in [0.4, 0.5) is 0 Å². The minimum Gasteiger partial charge on any atom is -0.258 e. The Hall–Kier alpha value is -6.71. The van der Waals surface area contributed by atoms with E-state index in [9.17, 15) is 0 Å². The molecule has 2 aromatic heterocycles. The Kier molecular flexibility index (Phi) is 7.94. The molecular formula is C49H35N3. The molecular weight excluding hydrogens is 631 g/mol. The number of hydrogen-bond donors (Lipinski definition) is 0. The Balaban J connectivity index is 1.31. The molecule has 2 heterocycles. The molecule has 0 saturated carbocycles. The van der Waals surface area contributed by atoms with Gasteiger partial charge in [-0.25, -0.2) is 9.97 Å². The Bertz CT molecular complexity index is 2670. The van der Waals surface area contributed by atoms with Crippen molar-refractivity contribution >= 4 is 21.5 Å². The van der Waals surface area contributed by atoms with Crippen molar-refractivity contribution in [2.45, 2.75) is 13.8 Å². The average molecular weight is 666 g/mol. The van der Waals surface area contributed by atoms with Gasteiger partial charge in [0, 0.05) is 28.1 Å². The van der Waals surface area contributed by atoms with Gasteiger partial charge in [-0.2, -0.15) is 0 Å². The summed E-state index contributed by atoms with van der Waals surface area (Å²) in [5.74, 6) is 0.685. The van der Waals surface area contributed by atoms with Gasteiger partial charge in [-0.1, -0.05) is 127 Å². The molecule has 9 rings (SSSR count). The second-order valence-corrected chi connectivity index (χ2v) is 13.4. The van der Waals surface area contributed by atoms with Crippen LogP contribution in [-0.4, -0.2) is 15.0 Å². The van der Waals surface area contributed by atoms with Crippen LogP contribution in [-0.2, 0) is 0 Å². The summed E-state index contributed by atoms with van der Waals surface area (Å²) in [4.78, 5) is 15.1. The maximum absolute atomic E-state index is 5.25. The van der Waals surface area contributed by atoms with Crippen LogP contribution in [0.5, 0.6) is 0 Å². The van der Waals surface area contributed by atoms with Gasteiger partial charge in [-0.05, 0) is 117 Å². The number of nitrogens with zero attached hydrogens (tertiary/aromatic N) is 3. The Morgan fingerprint density at radius 2 is 0.788 bits per heavy atom. The predicted molar refractivity (Wildman–Crippen MR) is 217 cm³/mol. The molecule has 0 unspecified atom stereocenters. The normalized spacial score (nSPS) is 11.3. The Morgan fingerprint density at radius 1 is 0.308 bits per heavy atom. The van der Waals surface area contributed by atoms with Crippen molar-refractivity contribution in [1.29, 1.82) is 0 Å². The van der Waals surface area contributed by atoms with Gasteiger partial charge in [0.05, 0.1) is 11.4 Å². The summed E-state index contributed by atoms with van der Waals surface area (Å²) in [6, 6.07) is 62.5. The van der Waals surface area contributed by atoms with Crippen molar-refractivity contribution in [3.05, 3.63) is 187 Å². The van der Waals surface area contributed by atoms with Gasteiger partial charge in [-0.15, -0.1) is 0 Å². The largest absolute Gasteiger partial charge is 0.258 e. The van der Waals surface area contributed by atoms with Gasteiger partial charge in [0.15, 0.2) is 5.82 Å². The topological polar surface area (TPSA) is 38.7 Å². The molecule has 3 heteroatoms. The first-order chi connectivity index (χ1) is 25.6. The van der Waals surface area contributed by atoms with E-state index in [1.807, 2.05) is 12.1 Å². The fourth-order valence-corrected chi connectivity index (χ4v) is 7.34. The number of fused-ring (bicyclic) bond motifs is 3. The Labute approximate surface area is 304 Å². The summed E-state index contributed by atoms with van der Waals surface area (Å²) in [5.41, 5.74) is 13.7. The maximum Gasteiger partial charge on any atom is 0.160 e. The van der Waals surface area contributed by atoms with E-state index >= 15 is 0 Å². The first-order valence-corrected chi connectivity index (χ1v) is 17.7. The second kappa shape index (κ2) is 13.2. The fraction of sp³-hybridized carbons (Fsp3) is 0.0408. The van der Waals surface area contributed by atoms with E-state index in [1.165, 1.54) is 27.1 Å². The second-order valence-electron chi connectivity index (χ2n) is 13.4. The van der Waals surface area contributed by atoms with Crippen LogP contribution >= 0.6 is 0 Å². The number of benzene rings is 7. The third kappa shape index (κ3) is 6.03. The van der Waals surface area contributed by atoms with Gasteiger partial charge in [0.2, 0.25) is 0 Å². The Morgan fingerprint density at radius 3 is 1.44 bits per heavy atom. The lowest BCUT2D eigenvalue weighted by Gasteiger charge is -2.16. The van der Waals surface area contributed by atoms with E-state index in [2.05, 4.69) is 183 Å². The minimum atomic E-state index is 0.685. The van der Waals surface area contributed by atoms with Gasteiger partial charge in [0.25, 0.3) is 0 Å². The van der Waals surface area contributed by atoms with E-state index < -0.39 is 0 Å². The number of rotatable bonds is 6. The van der Waals surface area contributed by atoms with Crippen LogP contribution in [0.2, 0.25) is 0 Å². The van der Waals surface area contributed by atoms with Gasteiger partial charge in [0.1, 0.15) is 0 Å². The molecule has 0 N–H and O–H groups in total. The first-order valence-electron chi connectivity index (χ1n) is 17.7. The highest BCUT2D eigenvalue weighted by Crippen LogP contribution is 2.40. The quantitative estimate of drug-likeness (QED) is 0.166. The molecule has 0 fully saturated rings. The van der Waals surface area contributed by atoms with E-state index in [-0.39, 0.29) is 0 Å². The van der Waals surface area contributed by atoms with Crippen LogP contribution in [0.25, 0.3) is 88.8 Å². The smallest absolute Gasteiger partial charge is 0.160 e. The monoisotopic (exact) mass is 665 g/mol. The summed E-state index contributed by atoms with van der Waals surface area (Å²) < 4.78 is 0. The molecule has 0 aliphatic rings. The summed E-state index contributed by atoms with van der Waals surface area (Å²) in [7, 11) is 0. The number of pyridine rings is 1. The maximum atomic E-state index is 5.25. The highest BCUT2D eigenvalue weighted by atomic mass is 14.9.